The summed E-state index contributed by atoms with van der Waals surface area (Å²) in [5.74, 6) is -1.80. The molecule has 2 rings (SSSR count). The van der Waals surface area contributed by atoms with Gasteiger partial charge in [0.25, 0.3) is 5.91 Å². The van der Waals surface area contributed by atoms with Gasteiger partial charge in [-0.3, -0.25) is 14.9 Å². The van der Waals surface area contributed by atoms with Crippen molar-refractivity contribution in [3.8, 4) is 0 Å². The van der Waals surface area contributed by atoms with Gasteiger partial charge in [-0.2, -0.15) is 0 Å². The molecule has 3 N–H and O–H groups in total. The SMILES string of the molecule is CN(C(=O)c1ccc(NC(=O)OC(C)(C)C)cc1)C(C(N)=O)c1cccc(F)c1. The highest BCUT2D eigenvalue weighted by atomic mass is 19.1. The Morgan fingerprint density at radius 3 is 2.24 bits per heavy atom. The third-order valence-electron chi connectivity index (χ3n) is 3.92. The van der Waals surface area contributed by atoms with E-state index in [0.717, 1.165) is 11.0 Å². The minimum absolute atomic E-state index is 0.268. The van der Waals surface area contributed by atoms with E-state index in [2.05, 4.69) is 5.32 Å². The minimum Gasteiger partial charge on any atom is -0.444 e. The van der Waals surface area contributed by atoms with E-state index in [1.54, 1.807) is 20.8 Å². The maximum atomic E-state index is 13.5. The molecule has 0 spiro atoms. The summed E-state index contributed by atoms with van der Waals surface area (Å²) in [6.07, 6.45) is -0.617. The molecule has 29 heavy (non-hydrogen) atoms. The maximum absolute atomic E-state index is 13.5. The Kier molecular flexibility index (Phi) is 6.58. The zero-order chi connectivity index (χ0) is 21.8. The first-order chi connectivity index (χ1) is 13.5. The van der Waals surface area contributed by atoms with Crippen LogP contribution in [0.25, 0.3) is 0 Å². The molecule has 3 amide bonds. The van der Waals surface area contributed by atoms with Gasteiger partial charge < -0.3 is 15.4 Å². The molecule has 1 unspecified atom stereocenters. The van der Waals surface area contributed by atoms with E-state index in [-0.39, 0.29) is 11.1 Å². The molecular formula is C21H24FN3O4. The van der Waals surface area contributed by atoms with Gasteiger partial charge in [0.2, 0.25) is 5.91 Å². The average Bonchev–Trinajstić information content (AvgIpc) is 2.60. The summed E-state index contributed by atoms with van der Waals surface area (Å²) in [7, 11) is 1.41. The second kappa shape index (κ2) is 8.72. The molecule has 0 aliphatic rings. The Morgan fingerprint density at radius 2 is 1.72 bits per heavy atom. The van der Waals surface area contributed by atoms with Gasteiger partial charge in [0.1, 0.15) is 17.5 Å². The molecule has 1 atom stereocenters. The van der Waals surface area contributed by atoms with Gasteiger partial charge in [0.15, 0.2) is 0 Å². The van der Waals surface area contributed by atoms with E-state index in [9.17, 15) is 18.8 Å². The van der Waals surface area contributed by atoms with Crippen molar-refractivity contribution in [2.24, 2.45) is 5.73 Å². The van der Waals surface area contributed by atoms with Gasteiger partial charge in [-0.1, -0.05) is 12.1 Å². The number of rotatable bonds is 5. The lowest BCUT2D eigenvalue weighted by molar-refractivity contribution is -0.122. The molecule has 0 heterocycles. The lowest BCUT2D eigenvalue weighted by Gasteiger charge is -2.26. The number of anilines is 1. The fourth-order valence-electron chi connectivity index (χ4n) is 2.69. The molecule has 154 valence electrons. The zero-order valence-electron chi connectivity index (χ0n) is 16.7. The first kappa shape index (κ1) is 21.9. The van der Waals surface area contributed by atoms with E-state index in [0.29, 0.717) is 5.69 Å². The average molecular weight is 401 g/mol. The number of primary amides is 1. The molecule has 0 aromatic heterocycles. The van der Waals surface area contributed by atoms with E-state index in [1.807, 2.05) is 0 Å². The van der Waals surface area contributed by atoms with Crippen molar-refractivity contribution in [2.75, 3.05) is 12.4 Å². The first-order valence-corrected chi connectivity index (χ1v) is 8.90. The van der Waals surface area contributed by atoms with Gasteiger partial charge in [-0.15, -0.1) is 0 Å². The van der Waals surface area contributed by atoms with Crippen LogP contribution in [0.2, 0.25) is 0 Å². The topological polar surface area (TPSA) is 102 Å². The highest BCUT2D eigenvalue weighted by Crippen LogP contribution is 2.23. The van der Waals surface area contributed by atoms with Crippen LogP contribution in [0.1, 0.15) is 42.7 Å². The van der Waals surface area contributed by atoms with Crippen molar-refractivity contribution >= 4 is 23.6 Å². The van der Waals surface area contributed by atoms with Gasteiger partial charge >= 0.3 is 6.09 Å². The molecule has 0 fully saturated rings. The van der Waals surface area contributed by atoms with Gasteiger partial charge in [-0.25, -0.2) is 9.18 Å². The zero-order valence-corrected chi connectivity index (χ0v) is 16.7. The third-order valence-corrected chi connectivity index (χ3v) is 3.92. The molecule has 0 saturated carbocycles. The molecular weight excluding hydrogens is 377 g/mol. The quantitative estimate of drug-likeness (QED) is 0.801. The second-order valence-corrected chi connectivity index (χ2v) is 7.48. The van der Waals surface area contributed by atoms with E-state index in [4.69, 9.17) is 10.5 Å². The van der Waals surface area contributed by atoms with Crippen LogP contribution >= 0.6 is 0 Å². The smallest absolute Gasteiger partial charge is 0.412 e. The van der Waals surface area contributed by atoms with E-state index in [1.165, 1.54) is 49.5 Å². The van der Waals surface area contributed by atoms with Crippen LogP contribution < -0.4 is 11.1 Å². The Labute approximate surface area is 168 Å². The van der Waals surface area contributed by atoms with Crippen LogP contribution in [0.3, 0.4) is 0 Å². The van der Waals surface area contributed by atoms with Crippen molar-refractivity contribution in [3.05, 3.63) is 65.5 Å². The molecule has 8 heteroatoms. The number of nitrogens with two attached hydrogens (primary N) is 1. The summed E-state index contributed by atoms with van der Waals surface area (Å²) in [6, 6.07) is 10.3. The molecule has 0 aliphatic heterocycles. The van der Waals surface area contributed by atoms with Gasteiger partial charge in [-0.05, 0) is 62.7 Å². The fraction of sp³-hybridized carbons (Fsp3) is 0.286. The highest BCUT2D eigenvalue weighted by molar-refractivity contribution is 5.98. The lowest BCUT2D eigenvalue weighted by Crippen LogP contribution is -2.39. The summed E-state index contributed by atoms with van der Waals surface area (Å²) < 4.78 is 18.7. The van der Waals surface area contributed by atoms with Crippen LogP contribution in [0.4, 0.5) is 14.9 Å². The van der Waals surface area contributed by atoms with E-state index < -0.39 is 35.4 Å². The number of benzene rings is 2. The number of nitrogens with zero attached hydrogens (tertiary/aromatic N) is 1. The monoisotopic (exact) mass is 401 g/mol. The van der Waals surface area contributed by atoms with Crippen molar-refractivity contribution in [2.45, 2.75) is 32.4 Å². The van der Waals surface area contributed by atoms with Crippen LogP contribution in [0.5, 0.6) is 0 Å². The van der Waals surface area contributed by atoms with Gasteiger partial charge in [0.05, 0.1) is 0 Å². The molecule has 2 aromatic carbocycles. The number of amides is 3. The molecule has 2 aromatic rings. The molecule has 0 radical (unpaired) electrons. The number of likely N-dealkylation sites (N-methyl/N-ethyl adjacent to an activating group) is 1. The normalized spacial score (nSPS) is 12.0. The maximum Gasteiger partial charge on any atom is 0.412 e. The Balaban J connectivity index is 2.16. The van der Waals surface area contributed by atoms with Gasteiger partial charge in [0, 0.05) is 18.3 Å². The van der Waals surface area contributed by atoms with Crippen LogP contribution in [-0.2, 0) is 9.53 Å². The largest absolute Gasteiger partial charge is 0.444 e. The Hall–Kier alpha value is -3.42. The van der Waals surface area contributed by atoms with Crippen molar-refractivity contribution in [3.63, 3.8) is 0 Å². The number of ether oxygens (including phenoxy) is 1. The number of nitrogens with one attached hydrogen (secondary N) is 1. The van der Waals surface area contributed by atoms with E-state index >= 15 is 0 Å². The molecule has 0 saturated heterocycles. The standard InChI is InChI=1S/C21H24FN3O4/c1-21(2,3)29-20(28)24-16-10-8-13(9-11-16)19(27)25(4)17(18(23)26)14-6-5-7-15(22)12-14/h5-12,17H,1-4H3,(H2,23,26)(H,24,28). The van der Waals surface area contributed by atoms with Crippen LogP contribution in [0.15, 0.2) is 48.5 Å². The molecule has 0 bridgehead atoms. The summed E-state index contributed by atoms with van der Waals surface area (Å²) >= 11 is 0. The fourth-order valence-corrected chi connectivity index (χ4v) is 2.69. The first-order valence-electron chi connectivity index (χ1n) is 8.90. The highest BCUT2D eigenvalue weighted by Gasteiger charge is 2.28. The summed E-state index contributed by atoms with van der Waals surface area (Å²) in [5, 5.41) is 2.57. The predicted molar refractivity (Wildman–Crippen MR) is 107 cm³/mol. The number of carbonyl (C=O) groups excluding carboxylic acids is 3. The Bertz CT molecular complexity index is 907. The summed E-state index contributed by atoms with van der Waals surface area (Å²) in [6.45, 7) is 5.24. The van der Waals surface area contributed by atoms with Crippen molar-refractivity contribution in [1.29, 1.82) is 0 Å². The van der Waals surface area contributed by atoms with Crippen LogP contribution in [-0.4, -0.2) is 35.5 Å². The number of carbonyl (C=O) groups is 3. The Morgan fingerprint density at radius 1 is 1.10 bits per heavy atom. The van der Waals surface area contributed by atoms with Crippen molar-refractivity contribution < 1.29 is 23.5 Å². The number of halogens is 1. The predicted octanol–water partition coefficient (Wildman–Crippen LogP) is 3.47. The third kappa shape index (κ3) is 6.03. The second-order valence-electron chi connectivity index (χ2n) is 7.48. The number of hydrogen-bond acceptors (Lipinski definition) is 4. The minimum atomic E-state index is -1.13. The van der Waals surface area contributed by atoms with Crippen LogP contribution in [0, 0.1) is 5.82 Å². The lowest BCUT2D eigenvalue weighted by atomic mass is 10.0. The molecule has 7 nitrogen and oxygen atoms in total. The summed E-state index contributed by atoms with van der Waals surface area (Å²) in [5.41, 5.74) is 5.80. The number of hydrogen-bond donors (Lipinski definition) is 2. The molecule has 0 aliphatic carbocycles. The van der Waals surface area contributed by atoms with Crippen molar-refractivity contribution in [1.82, 2.24) is 4.90 Å². The summed E-state index contributed by atoms with van der Waals surface area (Å²) in [4.78, 5) is 37.7.